The predicted molar refractivity (Wildman–Crippen MR) is 67.2 cm³/mol. The fourth-order valence-corrected chi connectivity index (χ4v) is 1.42. The van der Waals surface area contributed by atoms with Crippen LogP contribution in [0.4, 0.5) is 0 Å². The summed E-state index contributed by atoms with van der Waals surface area (Å²) in [6.45, 7) is 1.68. The monoisotopic (exact) mass is 251 g/mol. The lowest BCUT2D eigenvalue weighted by Crippen LogP contribution is -2.20. The van der Waals surface area contributed by atoms with E-state index in [0.717, 1.165) is 0 Å². The Balaban J connectivity index is 2.78. The maximum Gasteiger partial charge on any atom is 0.223 e. The third kappa shape index (κ3) is 3.76. The van der Waals surface area contributed by atoms with E-state index in [9.17, 15) is 9.59 Å². The van der Waals surface area contributed by atoms with Gasteiger partial charge in [0.25, 0.3) is 0 Å². The van der Waals surface area contributed by atoms with E-state index in [1.807, 2.05) is 0 Å². The Morgan fingerprint density at radius 2 is 2.06 bits per heavy atom. The zero-order valence-electron chi connectivity index (χ0n) is 10.8. The number of carbonyl (C=O) groups excluding carboxylic acids is 2. The highest BCUT2D eigenvalue weighted by Crippen LogP contribution is 2.25. The minimum atomic E-state index is -0.109. The normalized spacial score (nSPS) is 9.72. The summed E-state index contributed by atoms with van der Waals surface area (Å²) in [5.74, 6) is 0.843. The van der Waals surface area contributed by atoms with Gasteiger partial charge in [-0.05, 0) is 19.1 Å². The number of ether oxygens (including phenoxy) is 2. The Morgan fingerprint density at radius 3 is 2.61 bits per heavy atom. The summed E-state index contributed by atoms with van der Waals surface area (Å²) >= 11 is 0. The van der Waals surface area contributed by atoms with Gasteiger partial charge in [0.15, 0.2) is 5.78 Å². The van der Waals surface area contributed by atoms with Crippen LogP contribution in [0.15, 0.2) is 18.2 Å². The second kappa shape index (κ2) is 6.64. The highest BCUT2D eigenvalue weighted by atomic mass is 16.5. The van der Waals surface area contributed by atoms with Crippen molar-refractivity contribution in [1.29, 1.82) is 0 Å². The van der Waals surface area contributed by atoms with E-state index in [-0.39, 0.29) is 24.7 Å². The molecule has 0 aliphatic carbocycles. The lowest BCUT2D eigenvalue weighted by molar-refractivity contribution is -0.121. The minimum Gasteiger partial charge on any atom is -0.497 e. The van der Waals surface area contributed by atoms with E-state index < -0.39 is 0 Å². The summed E-state index contributed by atoms with van der Waals surface area (Å²) in [7, 11) is 3.10. The van der Waals surface area contributed by atoms with Crippen LogP contribution in [-0.4, -0.2) is 32.5 Å². The average Bonchev–Trinajstić information content (AvgIpc) is 2.37. The number of amides is 1. The van der Waals surface area contributed by atoms with Crippen LogP contribution in [0.25, 0.3) is 0 Å². The molecule has 0 saturated carbocycles. The summed E-state index contributed by atoms with van der Waals surface area (Å²) in [5.41, 5.74) is 0.479. The summed E-state index contributed by atoms with van der Waals surface area (Å²) in [4.78, 5) is 22.5. The molecule has 5 heteroatoms. The summed E-state index contributed by atoms with van der Waals surface area (Å²) in [6, 6.07) is 4.99. The number of hydrogen-bond acceptors (Lipinski definition) is 4. The average molecular weight is 251 g/mol. The number of ketones is 1. The van der Waals surface area contributed by atoms with Gasteiger partial charge in [-0.1, -0.05) is 0 Å². The summed E-state index contributed by atoms with van der Waals surface area (Å²) in [5, 5.41) is 2.50. The van der Waals surface area contributed by atoms with Crippen molar-refractivity contribution in [2.45, 2.75) is 13.3 Å². The molecule has 0 aromatic heterocycles. The van der Waals surface area contributed by atoms with E-state index in [0.29, 0.717) is 17.1 Å². The van der Waals surface area contributed by atoms with Gasteiger partial charge in [-0.25, -0.2) is 0 Å². The number of carbonyl (C=O) groups is 2. The van der Waals surface area contributed by atoms with Gasteiger partial charge < -0.3 is 14.8 Å². The zero-order valence-corrected chi connectivity index (χ0v) is 10.8. The Morgan fingerprint density at radius 1 is 1.33 bits per heavy atom. The van der Waals surface area contributed by atoms with Gasteiger partial charge >= 0.3 is 0 Å². The molecular formula is C13H17NO4. The molecule has 1 amide bonds. The Kier molecular flexibility index (Phi) is 5.17. The first kappa shape index (κ1) is 14.0. The molecule has 98 valence electrons. The first-order chi connectivity index (χ1) is 8.58. The fourth-order valence-electron chi connectivity index (χ4n) is 1.42. The fraction of sp³-hybridized carbons (Fsp3) is 0.385. The van der Waals surface area contributed by atoms with Crippen LogP contribution in [0.3, 0.4) is 0 Å². The van der Waals surface area contributed by atoms with Crippen molar-refractivity contribution in [3.05, 3.63) is 23.8 Å². The summed E-state index contributed by atoms with van der Waals surface area (Å²) < 4.78 is 10.5. The van der Waals surface area contributed by atoms with Crippen LogP contribution in [0.5, 0.6) is 11.5 Å². The Labute approximate surface area is 106 Å². The Hall–Kier alpha value is -2.04. The molecule has 1 aromatic carbocycles. The quantitative estimate of drug-likeness (QED) is 0.776. The number of methoxy groups -OCH3 is 1. The van der Waals surface area contributed by atoms with Crippen molar-refractivity contribution in [2.75, 3.05) is 20.8 Å². The number of hydrogen-bond donors (Lipinski definition) is 1. The van der Waals surface area contributed by atoms with E-state index in [2.05, 4.69) is 5.32 Å². The van der Waals surface area contributed by atoms with Crippen LogP contribution in [-0.2, 0) is 4.79 Å². The molecular weight excluding hydrogens is 234 g/mol. The summed E-state index contributed by atoms with van der Waals surface area (Å²) in [6.07, 6.45) is 0.241. The van der Waals surface area contributed by atoms with Crippen molar-refractivity contribution in [3.8, 4) is 11.5 Å². The molecule has 0 bridgehead atoms. The maximum atomic E-state index is 11.4. The molecule has 0 saturated heterocycles. The topological polar surface area (TPSA) is 64.6 Å². The minimum absolute atomic E-state index is 0.0902. The number of benzene rings is 1. The highest BCUT2D eigenvalue weighted by Gasteiger charge is 2.10. The van der Waals surface area contributed by atoms with Gasteiger partial charge in [-0.3, -0.25) is 9.59 Å². The first-order valence-corrected chi connectivity index (χ1v) is 5.61. The van der Waals surface area contributed by atoms with Crippen LogP contribution in [0, 0.1) is 0 Å². The smallest absolute Gasteiger partial charge is 0.223 e. The van der Waals surface area contributed by atoms with E-state index in [1.54, 1.807) is 25.2 Å². The molecule has 1 N–H and O–H groups in total. The van der Waals surface area contributed by atoms with Gasteiger partial charge in [0.1, 0.15) is 11.5 Å². The molecule has 0 aliphatic heterocycles. The van der Waals surface area contributed by atoms with Crippen molar-refractivity contribution >= 4 is 11.7 Å². The van der Waals surface area contributed by atoms with Gasteiger partial charge in [-0.2, -0.15) is 0 Å². The van der Waals surface area contributed by atoms with Crippen molar-refractivity contribution in [1.82, 2.24) is 5.32 Å². The third-order valence-electron chi connectivity index (χ3n) is 2.43. The molecule has 0 unspecified atom stereocenters. The van der Waals surface area contributed by atoms with Crippen LogP contribution in [0.1, 0.15) is 23.7 Å². The van der Waals surface area contributed by atoms with Crippen molar-refractivity contribution in [3.63, 3.8) is 0 Å². The number of rotatable bonds is 6. The molecule has 1 rings (SSSR count). The van der Waals surface area contributed by atoms with E-state index >= 15 is 0 Å². The van der Waals surface area contributed by atoms with Gasteiger partial charge in [0.05, 0.1) is 25.7 Å². The zero-order chi connectivity index (χ0) is 13.5. The number of nitrogens with one attached hydrogen (secondary N) is 1. The van der Waals surface area contributed by atoms with Crippen LogP contribution in [0.2, 0.25) is 0 Å². The SMILES string of the molecule is CNC(=O)CCOc1cc(OC)ccc1C(C)=O. The highest BCUT2D eigenvalue weighted by molar-refractivity contribution is 5.97. The maximum absolute atomic E-state index is 11.4. The van der Waals surface area contributed by atoms with E-state index in [4.69, 9.17) is 9.47 Å². The molecule has 0 atom stereocenters. The van der Waals surface area contributed by atoms with Gasteiger partial charge in [0.2, 0.25) is 5.91 Å². The molecule has 0 fully saturated rings. The molecule has 5 nitrogen and oxygen atoms in total. The van der Waals surface area contributed by atoms with Crippen molar-refractivity contribution < 1.29 is 19.1 Å². The largest absolute Gasteiger partial charge is 0.497 e. The molecule has 1 aromatic rings. The molecule has 0 radical (unpaired) electrons. The number of Topliss-reactive ketones (excluding diaryl/α,β-unsaturated/α-hetero) is 1. The molecule has 18 heavy (non-hydrogen) atoms. The van der Waals surface area contributed by atoms with Crippen LogP contribution >= 0.6 is 0 Å². The van der Waals surface area contributed by atoms with Gasteiger partial charge in [-0.15, -0.1) is 0 Å². The van der Waals surface area contributed by atoms with Crippen molar-refractivity contribution in [2.24, 2.45) is 0 Å². The predicted octanol–water partition coefficient (Wildman–Crippen LogP) is 1.41. The first-order valence-electron chi connectivity index (χ1n) is 5.61. The molecule has 0 heterocycles. The molecule has 0 spiro atoms. The second-order valence-corrected chi connectivity index (χ2v) is 3.69. The standard InChI is InChI=1S/C13H17NO4/c1-9(15)11-5-4-10(17-3)8-12(11)18-7-6-13(16)14-2/h4-5,8H,6-7H2,1-3H3,(H,14,16). The van der Waals surface area contributed by atoms with Crippen LogP contribution < -0.4 is 14.8 Å². The molecule has 0 aliphatic rings. The van der Waals surface area contributed by atoms with E-state index in [1.165, 1.54) is 14.0 Å². The lowest BCUT2D eigenvalue weighted by atomic mass is 10.1. The Bertz CT molecular complexity index is 443. The third-order valence-corrected chi connectivity index (χ3v) is 2.43. The lowest BCUT2D eigenvalue weighted by Gasteiger charge is -2.11. The second-order valence-electron chi connectivity index (χ2n) is 3.69. The van der Waals surface area contributed by atoms with Gasteiger partial charge in [0, 0.05) is 13.1 Å².